The highest BCUT2D eigenvalue weighted by Gasteiger charge is 2.25. The minimum atomic E-state index is -0.0851. The average molecular weight is 365 g/mol. The van der Waals surface area contributed by atoms with Gasteiger partial charge in [0.05, 0.1) is 0 Å². The first-order valence-corrected chi connectivity index (χ1v) is 9.01. The Hall–Kier alpha value is -3.15. The first kappa shape index (κ1) is 18.6. The van der Waals surface area contributed by atoms with E-state index >= 15 is 0 Å². The molecular formula is C21H23N3O3. The lowest BCUT2D eigenvalue weighted by Crippen LogP contribution is -2.50. The van der Waals surface area contributed by atoms with Crippen LogP contribution in [0.4, 0.5) is 0 Å². The summed E-state index contributed by atoms with van der Waals surface area (Å²) in [6.07, 6.45) is 0. The zero-order chi connectivity index (χ0) is 19.2. The molecule has 0 radical (unpaired) electrons. The molecule has 0 bridgehead atoms. The van der Waals surface area contributed by atoms with E-state index in [-0.39, 0.29) is 17.7 Å². The van der Waals surface area contributed by atoms with E-state index in [0.717, 1.165) is 5.56 Å². The second kappa shape index (κ2) is 8.49. The highest BCUT2D eigenvalue weighted by atomic mass is 16.2. The van der Waals surface area contributed by atoms with Crippen molar-refractivity contribution < 1.29 is 14.4 Å². The Morgan fingerprint density at radius 3 is 1.74 bits per heavy atom. The summed E-state index contributed by atoms with van der Waals surface area (Å²) in [5.41, 5.74) is 2.23. The second-order valence-electron chi connectivity index (χ2n) is 6.56. The smallest absolute Gasteiger partial charge is 0.253 e. The maximum atomic E-state index is 12.7. The number of hydrogen-bond donors (Lipinski definition) is 1. The maximum Gasteiger partial charge on any atom is 0.253 e. The van der Waals surface area contributed by atoms with Crippen LogP contribution >= 0.6 is 0 Å². The van der Waals surface area contributed by atoms with Gasteiger partial charge < -0.3 is 15.1 Å². The van der Waals surface area contributed by atoms with Crippen molar-refractivity contribution in [3.63, 3.8) is 0 Å². The lowest BCUT2D eigenvalue weighted by molar-refractivity contribution is -0.119. The third-order valence-corrected chi connectivity index (χ3v) is 4.62. The highest BCUT2D eigenvalue weighted by molar-refractivity contribution is 5.96. The lowest BCUT2D eigenvalue weighted by Gasteiger charge is -2.35. The summed E-state index contributed by atoms with van der Waals surface area (Å²) < 4.78 is 0. The predicted molar refractivity (Wildman–Crippen MR) is 102 cm³/mol. The van der Waals surface area contributed by atoms with Gasteiger partial charge in [-0.25, -0.2) is 0 Å². The Labute approximate surface area is 158 Å². The van der Waals surface area contributed by atoms with Gasteiger partial charge in [0, 0.05) is 50.8 Å². The van der Waals surface area contributed by atoms with Gasteiger partial charge in [0.1, 0.15) is 0 Å². The van der Waals surface area contributed by atoms with Crippen molar-refractivity contribution in [2.45, 2.75) is 13.5 Å². The van der Waals surface area contributed by atoms with Crippen molar-refractivity contribution in [1.29, 1.82) is 0 Å². The summed E-state index contributed by atoms with van der Waals surface area (Å²) in [4.78, 5) is 39.7. The van der Waals surface area contributed by atoms with Crippen LogP contribution in [-0.4, -0.2) is 53.7 Å². The van der Waals surface area contributed by atoms with Crippen molar-refractivity contribution in [3.05, 3.63) is 71.3 Å². The molecule has 1 N–H and O–H groups in total. The van der Waals surface area contributed by atoms with Crippen LogP contribution in [0, 0.1) is 0 Å². The normalized spacial score (nSPS) is 14.0. The number of carbonyl (C=O) groups is 3. The molecular weight excluding hydrogens is 342 g/mol. The molecule has 3 rings (SSSR count). The summed E-state index contributed by atoms with van der Waals surface area (Å²) in [5, 5.41) is 2.73. The van der Waals surface area contributed by atoms with Gasteiger partial charge in [0.2, 0.25) is 5.91 Å². The topological polar surface area (TPSA) is 69.7 Å². The fraction of sp³-hybridized carbons (Fsp3) is 0.286. The number of rotatable bonds is 4. The van der Waals surface area contributed by atoms with Gasteiger partial charge >= 0.3 is 0 Å². The van der Waals surface area contributed by atoms with Crippen molar-refractivity contribution in [2.24, 2.45) is 0 Å². The molecule has 1 aliphatic heterocycles. The van der Waals surface area contributed by atoms with Crippen LogP contribution in [-0.2, 0) is 11.3 Å². The van der Waals surface area contributed by atoms with Crippen LogP contribution in [0.1, 0.15) is 33.2 Å². The van der Waals surface area contributed by atoms with Crippen molar-refractivity contribution in [1.82, 2.24) is 15.1 Å². The Kier molecular flexibility index (Phi) is 5.86. The summed E-state index contributed by atoms with van der Waals surface area (Å²) in [7, 11) is 0. The number of nitrogens with one attached hydrogen (secondary N) is 1. The van der Waals surface area contributed by atoms with Gasteiger partial charge in [-0.15, -0.1) is 0 Å². The van der Waals surface area contributed by atoms with E-state index in [1.54, 1.807) is 21.9 Å². The fourth-order valence-corrected chi connectivity index (χ4v) is 3.05. The maximum absolute atomic E-state index is 12.7. The molecule has 27 heavy (non-hydrogen) atoms. The molecule has 0 spiro atoms. The second-order valence-corrected chi connectivity index (χ2v) is 6.56. The van der Waals surface area contributed by atoms with Gasteiger partial charge in [0.25, 0.3) is 11.8 Å². The van der Waals surface area contributed by atoms with Crippen LogP contribution in [0.15, 0.2) is 54.6 Å². The zero-order valence-electron chi connectivity index (χ0n) is 15.4. The van der Waals surface area contributed by atoms with E-state index in [9.17, 15) is 14.4 Å². The van der Waals surface area contributed by atoms with Gasteiger partial charge in [-0.2, -0.15) is 0 Å². The molecule has 6 heteroatoms. The number of piperazine rings is 1. The van der Waals surface area contributed by atoms with E-state index in [0.29, 0.717) is 43.9 Å². The van der Waals surface area contributed by atoms with E-state index in [1.807, 2.05) is 42.5 Å². The standard InChI is InChI=1S/C21H23N3O3/c1-16(25)22-15-17-7-9-19(10-8-17)21(27)24-13-11-23(12-14-24)20(26)18-5-3-2-4-6-18/h2-10H,11-15H2,1H3,(H,22,25). The molecule has 2 aromatic carbocycles. The number of amides is 3. The predicted octanol–water partition coefficient (Wildman–Crippen LogP) is 1.92. The zero-order valence-corrected chi connectivity index (χ0v) is 15.4. The van der Waals surface area contributed by atoms with Crippen LogP contribution in [0.2, 0.25) is 0 Å². The summed E-state index contributed by atoms with van der Waals surface area (Å²) in [6.45, 7) is 4.01. The molecule has 1 heterocycles. The molecule has 2 aromatic rings. The number of carbonyl (C=O) groups excluding carboxylic acids is 3. The van der Waals surface area contributed by atoms with Crippen molar-refractivity contribution in [2.75, 3.05) is 26.2 Å². The Morgan fingerprint density at radius 1 is 0.778 bits per heavy atom. The average Bonchev–Trinajstić information content (AvgIpc) is 2.72. The molecule has 0 saturated carbocycles. The number of benzene rings is 2. The quantitative estimate of drug-likeness (QED) is 0.900. The van der Waals surface area contributed by atoms with E-state index in [2.05, 4.69) is 5.32 Å². The molecule has 1 aliphatic rings. The summed E-state index contributed by atoms with van der Waals surface area (Å²) >= 11 is 0. The SMILES string of the molecule is CC(=O)NCc1ccc(C(=O)N2CCN(C(=O)c3ccccc3)CC2)cc1. The van der Waals surface area contributed by atoms with Crippen LogP contribution in [0.3, 0.4) is 0 Å². The van der Waals surface area contributed by atoms with Gasteiger partial charge in [-0.3, -0.25) is 14.4 Å². The number of nitrogens with zero attached hydrogens (tertiary/aromatic N) is 2. The number of hydrogen-bond acceptors (Lipinski definition) is 3. The molecule has 0 aliphatic carbocycles. The summed E-state index contributed by atoms with van der Waals surface area (Å²) in [6, 6.07) is 16.4. The molecule has 140 valence electrons. The third-order valence-electron chi connectivity index (χ3n) is 4.62. The Bertz CT molecular complexity index is 810. The monoisotopic (exact) mass is 365 g/mol. The van der Waals surface area contributed by atoms with Gasteiger partial charge in [0.15, 0.2) is 0 Å². The molecule has 1 saturated heterocycles. The summed E-state index contributed by atoms with van der Waals surface area (Å²) in [5.74, 6) is -0.115. The molecule has 6 nitrogen and oxygen atoms in total. The first-order valence-electron chi connectivity index (χ1n) is 9.01. The molecule has 0 atom stereocenters. The highest BCUT2D eigenvalue weighted by Crippen LogP contribution is 2.13. The Balaban J connectivity index is 1.55. The molecule has 3 amide bonds. The molecule has 1 fully saturated rings. The fourth-order valence-electron chi connectivity index (χ4n) is 3.05. The van der Waals surface area contributed by atoms with Crippen LogP contribution < -0.4 is 5.32 Å². The van der Waals surface area contributed by atoms with Gasteiger partial charge in [-0.1, -0.05) is 30.3 Å². The molecule has 0 unspecified atom stereocenters. The lowest BCUT2D eigenvalue weighted by atomic mass is 10.1. The van der Waals surface area contributed by atoms with E-state index in [1.165, 1.54) is 6.92 Å². The minimum absolute atomic E-state index is 0.00465. The first-order chi connectivity index (χ1) is 13.0. The minimum Gasteiger partial charge on any atom is -0.352 e. The van der Waals surface area contributed by atoms with Gasteiger partial charge in [-0.05, 0) is 29.8 Å². The van der Waals surface area contributed by atoms with E-state index in [4.69, 9.17) is 0 Å². The van der Waals surface area contributed by atoms with E-state index < -0.39 is 0 Å². The van der Waals surface area contributed by atoms with Crippen LogP contribution in [0.25, 0.3) is 0 Å². The Morgan fingerprint density at radius 2 is 1.26 bits per heavy atom. The third kappa shape index (κ3) is 4.73. The van der Waals surface area contributed by atoms with Crippen molar-refractivity contribution in [3.8, 4) is 0 Å². The largest absolute Gasteiger partial charge is 0.352 e. The molecule has 0 aromatic heterocycles. The van der Waals surface area contributed by atoms with Crippen molar-refractivity contribution >= 4 is 17.7 Å². The van der Waals surface area contributed by atoms with Crippen LogP contribution in [0.5, 0.6) is 0 Å².